The first kappa shape index (κ1) is 10.0. The number of fused-ring (bicyclic) bond motifs is 1. The van der Waals surface area contributed by atoms with Crippen molar-refractivity contribution in [3.05, 3.63) is 41.0 Å². The fourth-order valence-corrected chi connectivity index (χ4v) is 1.95. The Kier molecular flexibility index (Phi) is 2.01. The monoisotopic (exact) mass is 232 g/mol. The fourth-order valence-electron chi connectivity index (χ4n) is 1.95. The maximum Gasteiger partial charge on any atom is 0.254 e. The molecule has 0 aliphatic carbocycles. The van der Waals surface area contributed by atoms with Crippen molar-refractivity contribution in [3.63, 3.8) is 0 Å². The van der Waals surface area contributed by atoms with E-state index in [0.29, 0.717) is 17.0 Å². The predicted octanol–water partition coefficient (Wildman–Crippen LogP) is 2.03. The third-order valence-electron chi connectivity index (χ3n) is 2.76. The molecule has 1 aliphatic rings. The Morgan fingerprint density at radius 3 is 3.00 bits per heavy atom. The fraction of sp³-hybridized carbons (Fsp3) is 0.167. The summed E-state index contributed by atoms with van der Waals surface area (Å²) in [4.78, 5) is 15.6. The van der Waals surface area contributed by atoms with E-state index < -0.39 is 5.82 Å². The number of amides is 1. The SMILES string of the molecule is Cc1ccc(-c2ncc(F)c3c2C(=O)NC3)o1. The van der Waals surface area contributed by atoms with Crippen LogP contribution in [0.15, 0.2) is 22.7 Å². The van der Waals surface area contributed by atoms with Crippen molar-refractivity contribution >= 4 is 5.91 Å². The van der Waals surface area contributed by atoms with Crippen LogP contribution >= 0.6 is 0 Å². The second-order valence-electron chi connectivity index (χ2n) is 3.90. The molecule has 1 amide bonds. The van der Waals surface area contributed by atoms with Gasteiger partial charge in [-0.3, -0.25) is 4.79 Å². The van der Waals surface area contributed by atoms with Crippen molar-refractivity contribution in [1.29, 1.82) is 0 Å². The summed E-state index contributed by atoms with van der Waals surface area (Å²) in [5, 5.41) is 2.58. The first-order valence-electron chi connectivity index (χ1n) is 5.19. The lowest BCUT2D eigenvalue weighted by Crippen LogP contribution is -2.13. The molecule has 0 atom stereocenters. The van der Waals surface area contributed by atoms with E-state index in [2.05, 4.69) is 10.3 Å². The Morgan fingerprint density at radius 1 is 1.47 bits per heavy atom. The van der Waals surface area contributed by atoms with Gasteiger partial charge in [0, 0.05) is 12.1 Å². The zero-order valence-corrected chi connectivity index (χ0v) is 9.08. The average molecular weight is 232 g/mol. The normalized spacial score (nSPS) is 13.6. The summed E-state index contributed by atoms with van der Waals surface area (Å²) in [5.41, 5.74) is 1.03. The predicted molar refractivity (Wildman–Crippen MR) is 57.8 cm³/mol. The third kappa shape index (κ3) is 1.43. The highest BCUT2D eigenvalue weighted by Gasteiger charge is 2.28. The van der Waals surface area contributed by atoms with Gasteiger partial charge in [-0.1, -0.05) is 0 Å². The second kappa shape index (κ2) is 3.41. The second-order valence-corrected chi connectivity index (χ2v) is 3.90. The first-order valence-corrected chi connectivity index (χ1v) is 5.19. The number of carbonyl (C=O) groups is 1. The molecule has 0 aromatic carbocycles. The van der Waals surface area contributed by atoms with Crippen molar-refractivity contribution in [3.8, 4) is 11.5 Å². The van der Waals surface area contributed by atoms with Crippen molar-refractivity contribution in [2.75, 3.05) is 0 Å². The van der Waals surface area contributed by atoms with Gasteiger partial charge in [-0.15, -0.1) is 0 Å². The number of nitrogens with zero attached hydrogens (tertiary/aromatic N) is 1. The van der Waals surface area contributed by atoms with E-state index in [1.807, 2.05) is 0 Å². The molecule has 0 fully saturated rings. The van der Waals surface area contributed by atoms with Crippen LogP contribution in [-0.2, 0) is 6.54 Å². The molecule has 0 unspecified atom stereocenters. The van der Waals surface area contributed by atoms with Crippen LogP contribution in [0.2, 0.25) is 0 Å². The van der Waals surface area contributed by atoms with Crippen molar-refractivity contribution < 1.29 is 13.6 Å². The van der Waals surface area contributed by atoms with Crippen molar-refractivity contribution in [2.45, 2.75) is 13.5 Å². The molecule has 0 saturated carbocycles. The Bertz CT molecular complexity index is 619. The molecule has 0 saturated heterocycles. The van der Waals surface area contributed by atoms with Crippen LogP contribution in [0.25, 0.3) is 11.5 Å². The number of pyridine rings is 1. The van der Waals surface area contributed by atoms with Crippen LogP contribution in [0.1, 0.15) is 21.7 Å². The zero-order chi connectivity index (χ0) is 12.0. The van der Waals surface area contributed by atoms with Gasteiger partial charge in [0.15, 0.2) is 5.76 Å². The summed E-state index contributed by atoms with van der Waals surface area (Å²) in [7, 11) is 0. The average Bonchev–Trinajstić information content (AvgIpc) is 2.88. The molecule has 4 nitrogen and oxygen atoms in total. The molecular weight excluding hydrogens is 223 g/mol. The summed E-state index contributed by atoms with van der Waals surface area (Å²) >= 11 is 0. The van der Waals surface area contributed by atoms with Crippen LogP contribution in [0, 0.1) is 12.7 Å². The molecule has 3 rings (SSSR count). The summed E-state index contributed by atoms with van der Waals surface area (Å²) in [6.45, 7) is 2.00. The van der Waals surface area contributed by atoms with Gasteiger partial charge < -0.3 is 9.73 Å². The number of aryl methyl sites for hydroxylation is 1. The molecule has 17 heavy (non-hydrogen) atoms. The maximum absolute atomic E-state index is 13.5. The first-order chi connectivity index (χ1) is 8.16. The quantitative estimate of drug-likeness (QED) is 0.818. The van der Waals surface area contributed by atoms with E-state index in [4.69, 9.17) is 4.42 Å². The number of furan rings is 1. The molecule has 2 aromatic heterocycles. The summed E-state index contributed by atoms with van der Waals surface area (Å²) in [5.74, 6) is 0.426. The van der Waals surface area contributed by atoms with Gasteiger partial charge in [0.25, 0.3) is 5.91 Å². The molecule has 86 valence electrons. The molecule has 5 heteroatoms. The van der Waals surface area contributed by atoms with Gasteiger partial charge in [-0.05, 0) is 19.1 Å². The Labute approximate surface area is 96.5 Å². The number of aromatic nitrogens is 1. The minimum Gasteiger partial charge on any atom is -0.460 e. The van der Waals surface area contributed by atoms with Gasteiger partial charge in [0.1, 0.15) is 17.3 Å². The maximum atomic E-state index is 13.5. The topological polar surface area (TPSA) is 55.1 Å². The molecule has 0 bridgehead atoms. The molecule has 1 aliphatic heterocycles. The number of halogens is 1. The largest absolute Gasteiger partial charge is 0.460 e. The lowest BCUT2D eigenvalue weighted by molar-refractivity contribution is 0.0966. The Morgan fingerprint density at radius 2 is 2.29 bits per heavy atom. The lowest BCUT2D eigenvalue weighted by atomic mass is 10.1. The highest BCUT2D eigenvalue weighted by Crippen LogP contribution is 2.29. The number of rotatable bonds is 1. The molecular formula is C12H9FN2O2. The van der Waals surface area contributed by atoms with Crippen molar-refractivity contribution in [1.82, 2.24) is 10.3 Å². The van der Waals surface area contributed by atoms with Crippen molar-refractivity contribution in [2.24, 2.45) is 0 Å². The Hall–Kier alpha value is -2.17. The number of hydrogen-bond donors (Lipinski definition) is 1. The van der Waals surface area contributed by atoms with Gasteiger partial charge in [-0.2, -0.15) is 0 Å². The third-order valence-corrected chi connectivity index (χ3v) is 2.76. The van der Waals surface area contributed by atoms with E-state index in [1.165, 1.54) is 0 Å². The standard InChI is InChI=1S/C12H9FN2O2/c1-6-2-3-9(17-6)11-10-7(4-15-12(10)16)8(13)5-14-11/h2-3,5H,4H2,1H3,(H,15,16). The van der Waals surface area contributed by atoms with E-state index in [-0.39, 0.29) is 18.0 Å². The van der Waals surface area contributed by atoms with E-state index in [0.717, 1.165) is 12.0 Å². The highest BCUT2D eigenvalue weighted by molar-refractivity contribution is 6.03. The summed E-state index contributed by atoms with van der Waals surface area (Å²) in [6, 6.07) is 3.50. The minimum absolute atomic E-state index is 0.204. The minimum atomic E-state index is -0.467. The van der Waals surface area contributed by atoms with E-state index >= 15 is 0 Å². The molecule has 0 spiro atoms. The molecule has 1 N–H and O–H groups in total. The Balaban J connectivity index is 2.25. The lowest BCUT2D eigenvalue weighted by Gasteiger charge is -2.03. The number of nitrogens with one attached hydrogen (secondary N) is 1. The smallest absolute Gasteiger partial charge is 0.254 e. The van der Waals surface area contributed by atoms with Crippen LogP contribution in [0.3, 0.4) is 0 Å². The van der Waals surface area contributed by atoms with Crippen LogP contribution in [0.5, 0.6) is 0 Å². The van der Waals surface area contributed by atoms with E-state index in [9.17, 15) is 9.18 Å². The molecule has 0 radical (unpaired) electrons. The zero-order valence-electron chi connectivity index (χ0n) is 9.08. The van der Waals surface area contributed by atoms with E-state index in [1.54, 1.807) is 19.1 Å². The van der Waals surface area contributed by atoms with Crippen LogP contribution < -0.4 is 5.32 Å². The number of hydrogen-bond acceptors (Lipinski definition) is 3. The molecule has 3 heterocycles. The van der Waals surface area contributed by atoms with Gasteiger partial charge in [-0.25, -0.2) is 9.37 Å². The van der Waals surface area contributed by atoms with Gasteiger partial charge >= 0.3 is 0 Å². The van der Waals surface area contributed by atoms with Crippen LogP contribution in [-0.4, -0.2) is 10.9 Å². The van der Waals surface area contributed by atoms with Crippen LogP contribution in [0.4, 0.5) is 4.39 Å². The highest BCUT2D eigenvalue weighted by atomic mass is 19.1. The van der Waals surface area contributed by atoms with Gasteiger partial charge in [0.2, 0.25) is 0 Å². The van der Waals surface area contributed by atoms with Gasteiger partial charge in [0.05, 0.1) is 11.8 Å². The summed E-state index contributed by atoms with van der Waals surface area (Å²) in [6.07, 6.45) is 1.12. The summed E-state index contributed by atoms with van der Waals surface area (Å²) < 4.78 is 18.9. The number of carbonyl (C=O) groups excluding carboxylic acids is 1. The molecule has 2 aromatic rings.